The molecule has 0 aromatic carbocycles. The molecule has 0 radical (unpaired) electrons. The number of amides is 1. The zero-order valence-electron chi connectivity index (χ0n) is 6.93. The van der Waals surface area contributed by atoms with Crippen LogP contribution in [0.2, 0.25) is 0 Å². The van der Waals surface area contributed by atoms with E-state index in [0.29, 0.717) is 0 Å². The minimum absolute atomic E-state index is 0.0643. The molecule has 0 spiro atoms. The molecule has 0 heterocycles. The zero-order chi connectivity index (χ0) is 8.20. The predicted octanol–water partition coefficient (Wildman–Crippen LogP) is 1.15. The summed E-state index contributed by atoms with van der Waals surface area (Å²) in [6.45, 7) is 7.28. The Morgan fingerprint density at radius 1 is 1.50 bits per heavy atom. The summed E-state index contributed by atoms with van der Waals surface area (Å²) in [5.74, 6) is -0.0643. The van der Waals surface area contributed by atoms with Crippen LogP contribution in [0.5, 0.6) is 0 Å². The molecule has 10 heavy (non-hydrogen) atoms. The largest absolute Gasteiger partial charge is 0.273 e. The van der Waals surface area contributed by atoms with Crippen LogP contribution in [0.3, 0.4) is 0 Å². The molecule has 0 aromatic rings. The van der Waals surface area contributed by atoms with Crippen molar-refractivity contribution in [3.05, 3.63) is 0 Å². The summed E-state index contributed by atoms with van der Waals surface area (Å²) in [7, 11) is 0. The summed E-state index contributed by atoms with van der Waals surface area (Å²) in [5.41, 5.74) is 2.05. The molecule has 0 aliphatic carbocycles. The summed E-state index contributed by atoms with van der Waals surface area (Å²) in [6.07, 6.45) is 1.55. The quantitative estimate of drug-likeness (QED) is 0.433. The number of carbonyl (C=O) groups excluding carboxylic acids is 1. The molecule has 0 aliphatic heterocycles. The topological polar surface area (TPSA) is 41.5 Å². The van der Waals surface area contributed by atoms with Gasteiger partial charge in [0.2, 0.25) is 5.91 Å². The molecule has 0 aromatic heterocycles. The third kappa shape index (κ3) is 3.22. The molecule has 0 unspecified atom stereocenters. The third-order valence-corrected chi connectivity index (χ3v) is 0.976. The summed E-state index contributed by atoms with van der Waals surface area (Å²) < 4.78 is 0. The van der Waals surface area contributed by atoms with E-state index in [9.17, 15) is 4.79 Å². The lowest BCUT2D eigenvalue weighted by Crippen LogP contribution is -2.31. The van der Waals surface area contributed by atoms with E-state index in [-0.39, 0.29) is 11.3 Å². The van der Waals surface area contributed by atoms with Crippen LogP contribution in [0.1, 0.15) is 27.7 Å². The standard InChI is InChI=1S/C7H14N2O/c1-5-8-9-6(10)7(2,3)4/h5H,1-4H3,(H,9,10)/b8-5+. The number of nitrogens with zero attached hydrogens (tertiary/aromatic N) is 1. The second-order valence-electron chi connectivity index (χ2n) is 3.08. The first kappa shape index (κ1) is 9.14. The second kappa shape index (κ2) is 3.34. The Hall–Kier alpha value is -0.860. The highest BCUT2D eigenvalue weighted by Gasteiger charge is 2.19. The molecule has 0 rings (SSSR count). The van der Waals surface area contributed by atoms with Gasteiger partial charge in [0, 0.05) is 11.6 Å². The molecule has 3 nitrogen and oxygen atoms in total. The Kier molecular flexibility index (Phi) is 3.06. The van der Waals surface area contributed by atoms with Gasteiger partial charge in [-0.05, 0) is 6.92 Å². The molecule has 3 heteroatoms. The number of rotatable bonds is 1. The van der Waals surface area contributed by atoms with Crippen molar-refractivity contribution in [2.24, 2.45) is 10.5 Å². The van der Waals surface area contributed by atoms with Crippen molar-refractivity contribution in [3.8, 4) is 0 Å². The van der Waals surface area contributed by atoms with Crippen molar-refractivity contribution in [3.63, 3.8) is 0 Å². The SMILES string of the molecule is C/C=N/NC(=O)C(C)(C)C. The molecule has 0 fully saturated rings. The van der Waals surface area contributed by atoms with E-state index in [0.717, 1.165) is 0 Å². The molecule has 0 saturated carbocycles. The monoisotopic (exact) mass is 142 g/mol. The lowest BCUT2D eigenvalue weighted by Gasteiger charge is -2.14. The molecule has 0 bridgehead atoms. The Morgan fingerprint density at radius 2 is 2.00 bits per heavy atom. The van der Waals surface area contributed by atoms with Gasteiger partial charge in [0.25, 0.3) is 0 Å². The minimum Gasteiger partial charge on any atom is -0.273 e. The highest BCUT2D eigenvalue weighted by molar-refractivity contribution is 5.81. The van der Waals surface area contributed by atoms with Crippen LogP contribution in [0.15, 0.2) is 5.10 Å². The number of hydrogen-bond donors (Lipinski definition) is 1. The van der Waals surface area contributed by atoms with Crippen molar-refractivity contribution >= 4 is 12.1 Å². The Bertz CT molecular complexity index is 144. The van der Waals surface area contributed by atoms with E-state index in [2.05, 4.69) is 10.5 Å². The number of hydrogen-bond acceptors (Lipinski definition) is 2. The molecular formula is C7H14N2O. The van der Waals surface area contributed by atoms with Gasteiger partial charge in [-0.3, -0.25) is 4.79 Å². The Labute approximate surface area is 61.5 Å². The van der Waals surface area contributed by atoms with Crippen molar-refractivity contribution in [1.29, 1.82) is 0 Å². The Morgan fingerprint density at radius 3 is 2.30 bits per heavy atom. The van der Waals surface area contributed by atoms with Crippen LogP contribution in [0.25, 0.3) is 0 Å². The van der Waals surface area contributed by atoms with Gasteiger partial charge in [-0.25, -0.2) is 5.43 Å². The van der Waals surface area contributed by atoms with Crippen LogP contribution in [0, 0.1) is 5.41 Å². The van der Waals surface area contributed by atoms with E-state index in [1.807, 2.05) is 20.8 Å². The Balaban J connectivity index is 3.86. The average Bonchev–Trinajstić information content (AvgIpc) is 1.80. The number of hydrazone groups is 1. The fourth-order valence-electron chi connectivity index (χ4n) is 0.291. The number of carbonyl (C=O) groups is 1. The average molecular weight is 142 g/mol. The van der Waals surface area contributed by atoms with E-state index in [4.69, 9.17) is 0 Å². The van der Waals surface area contributed by atoms with E-state index >= 15 is 0 Å². The van der Waals surface area contributed by atoms with Crippen LogP contribution >= 0.6 is 0 Å². The first-order valence-electron chi connectivity index (χ1n) is 3.26. The van der Waals surface area contributed by atoms with Gasteiger partial charge >= 0.3 is 0 Å². The van der Waals surface area contributed by atoms with Gasteiger partial charge < -0.3 is 0 Å². The number of nitrogens with one attached hydrogen (secondary N) is 1. The maximum atomic E-state index is 11.0. The van der Waals surface area contributed by atoms with Gasteiger partial charge in [0.15, 0.2) is 0 Å². The van der Waals surface area contributed by atoms with Gasteiger partial charge in [0.1, 0.15) is 0 Å². The van der Waals surface area contributed by atoms with Crippen molar-refractivity contribution in [2.75, 3.05) is 0 Å². The molecule has 58 valence electrons. The summed E-state index contributed by atoms with van der Waals surface area (Å²) >= 11 is 0. The van der Waals surface area contributed by atoms with Crippen molar-refractivity contribution in [2.45, 2.75) is 27.7 Å². The lowest BCUT2D eigenvalue weighted by molar-refractivity contribution is -0.128. The first-order valence-corrected chi connectivity index (χ1v) is 3.26. The lowest BCUT2D eigenvalue weighted by atomic mass is 9.96. The van der Waals surface area contributed by atoms with E-state index < -0.39 is 0 Å². The van der Waals surface area contributed by atoms with Gasteiger partial charge in [0.05, 0.1) is 0 Å². The molecular weight excluding hydrogens is 128 g/mol. The van der Waals surface area contributed by atoms with E-state index in [1.54, 1.807) is 13.1 Å². The van der Waals surface area contributed by atoms with Crippen molar-refractivity contribution in [1.82, 2.24) is 5.43 Å². The van der Waals surface area contributed by atoms with Gasteiger partial charge in [-0.1, -0.05) is 20.8 Å². The predicted molar refractivity (Wildman–Crippen MR) is 41.8 cm³/mol. The van der Waals surface area contributed by atoms with Crippen LogP contribution in [0.4, 0.5) is 0 Å². The molecule has 0 atom stereocenters. The maximum Gasteiger partial charge on any atom is 0.245 e. The third-order valence-electron chi connectivity index (χ3n) is 0.976. The highest BCUT2D eigenvalue weighted by Crippen LogP contribution is 2.11. The molecule has 1 amide bonds. The van der Waals surface area contributed by atoms with Gasteiger partial charge in [-0.15, -0.1) is 0 Å². The van der Waals surface area contributed by atoms with Crippen LogP contribution in [-0.2, 0) is 4.79 Å². The smallest absolute Gasteiger partial charge is 0.245 e. The summed E-state index contributed by atoms with van der Waals surface area (Å²) in [4.78, 5) is 11.0. The van der Waals surface area contributed by atoms with Crippen molar-refractivity contribution < 1.29 is 4.79 Å². The minimum atomic E-state index is -0.355. The molecule has 0 aliphatic rings. The fraction of sp³-hybridized carbons (Fsp3) is 0.714. The maximum absolute atomic E-state index is 11.0. The summed E-state index contributed by atoms with van der Waals surface area (Å²) in [6, 6.07) is 0. The fourth-order valence-corrected chi connectivity index (χ4v) is 0.291. The van der Waals surface area contributed by atoms with Gasteiger partial charge in [-0.2, -0.15) is 5.10 Å². The first-order chi connectivity index (χ1) is 4.48. The zero-order valence-corrected chi connectivity index (χ0v) is 6.93. The normalized spacial score (nSPS) is 12.0. The molecule has 1 N–H and O–H groups in total. The highest BCUT2D eigenvalue weighted by atomic mass is 16.2. The van der Waals surface area contributed by atoms with E-state index in [1.165, 1.54) is 0 Å². The summed E-state index contributed by atoms with van der Waals surface area (Å²) in [5, 5.41) is 3.61. The van der Waals surface area contributed by atoms with Crippen LogP contribution in [-0.4, -0.2) is 12.1 Å². The molecule has 0 saturated heterocycles. The second-order valence-corrected chi connectivity index (χ2v) is 3.08. The van der Waals surface area contributed by atoms with Crippen LogP contribution < -0.4 is 5.43 Å².